The minimum absolute atomic E-state index is 0.192. The lowest BCUT2D eigenvalue weighted by Crippen LogP contribution is -2.60. The summed E-state index contributed by atoms with van der Waals surface area (Å²) in [6.07, 6.45) is 1.50. The molecular weight excluding hydrogens is 234 g/mol. The van der Waals surface area contributed by atoms with E-state index in [0.29, 0.717) is 12.1 Å². The molecule has 0 aliphatic heterocycles. The molecule has 2 rings (SSSR count). The van der Waals surface area contributed by atoms with E-state index in [-0.39, 0.29) is 12.2 Å². The third-order valence-electron chi connectivity index (χ3n) is 3.34. The summed E-state index contributed by atoms with van der Waals surface area (Å²) in [6.45, 7) is 4.99. The Morgan fingerprint density at radius 2 is 2.41 bits per heavy atom. The van der Waals surface area contributed by atoms with Gasteiger partial charge in [-0.2, -0.15) is 0 Å². The van der Waals surface area contributed by atoms with Crippen LogP contribution >= 0.6 is 11.3 Å². The van der Waals surface area contributed by atoms with E-state index in [4.69, 9.17) is 9.47 Å². The van der Waals surface area contributed by atoms with Crippen LogP contribution in [0.15, 0.2) is 17.5 Å². The Morgan fingerprint density at radius 1 is 1.59 bits per heavy atom. The first kappa shape index (κ1) is 13.0. The highest BCUT2D eigenvalue weighted by Gasteiger charge is 2.42. The predicted octanol–water partition coefficient (Wildman–Crippen LogP) is 2.59. The van der Waals surface area contributed by atoms with Crippen LogP contribution in [-0.2, 0) is 9.47 Å². The summed E-state index contributed by atoms with van der Waals surface area (Å²) in [5.74, 6) is 0. The lowest BCUT2D eigenvalue weighted by Gasteiger charge is -2.44. The molecule has 1 aliphatic rings. The van der Waals surface area contributed by atoms with Crippen molar-refractivity contribution in [2.75, 3.05) is 13.7 Å². The van der Waals surface area contributed by atoms with E-state index >= 15 is 0 Å². The monoisotopic (exact) mass is 255 g/mol. The molecule has 0 amide bonds. The van der Waals surface area contributed by atoms with Gasteiger partial charge in [-0.3, -0.25) is 0 Å². The van der Waals surface area contributed by atoms with Gasteiger partial charge in [-0.1, -0.05) is 6.07 Å². The average molecular weight is 255 g/mol. The smallest absolute Gasteiger partial charge is 0.0987 e. The highest BCUT2D eigenvalue weighted by molar-refractivity contribution is 7.10. The number of hydrogen-bond acceptors (Lipinski definition) is 4. The van der Waals surface area contributed by atoms with Crippen LogP contribution in [0, 0.1) is 0 Å². The number of methoxy groups -OCH3 is 1. The molecule has 1 saturated carbocycles. The Kier molecular flexibility index (Phi) is 4.56. The number of hydrogen-bond donors (Lipinski definition) is 1. The third kappa shape index (κ3) is 2.88. The van der Waals surface area contributed by atoms with Gasteiger partial charge in [-0.25, -0.2) is 0 Å². The largest absolute Gasteiger partial charge is 0.377 e. The Hall–Kier alpha value is -0.420. The summed E-state index contributed by atoms with van der Waals surface area (Å²) in [5.41, 5.74) is 0. The fraction of sp³-hybridized carbons (Fsp3) is 0.692. The van der Waals surface area contributed by atoms with Crippen molar-refractivity contribution in [1.29, 1.82) is 0 Å². The van der Waals surface area contributed by atoms with Crippen LogP contribution in [-0.4, -0.2) is 32.0 Å². The minimum atomic E-state index is 0.192. The molecule has 17 heavy (non-hydrogen) atoms. The van der Waals surface area contributed by atoms with Gasteiger partial charge in [0.25, 0.3) is 0 Å². The van der Waals surface area contributed by atoms with Crippen molar-refractivity contribution in [3.05, 3.63) is 22.4 Å². The maximum Gasteiger partial charge on any atom is 0.0987 e. The number of ether oxygens (including phenoxy) is 2. The van der Waals surface area contributed by atoms with Crippen LogP contribution in [0.25, 0.3) is 0 Å². The van der Waals surface area contributed by atoms with Crippen molar-refractivity contribution < 1.29 is 9.47 Å². The molecule has 0 aromatic carbocycles. The summed E-state index contributed by atoms with van der Waals surface area (Å²) in [4.78, 5) is 1.37. The number of thiophene rings is 1. The molecule has 4 heteroatoms. The van der Waals surface area contributed by atoms with Gasteiger partial charge in [0.15, 0.2) is 0 Å². The first-order valence-corrected chi connectivity index (χ1v) is 7.08. The standard InChI is InChI=1S/C13H21NO2S/c1-4-16-11-8-10(13(11)15-3)14-9(2)12-6-5-7-17-12/h5-7,9-11,13-14H,4,8H2,1-3H3/t9-,10?,11?,13?/m0/s1. The molecule has 1 N–H and O–H groups in total. The van der Waals surface area contributed by atoms with Gasteiger partial charge in [0.1, 0.15) is 0 Å². The van der Waals surface area contributed by atoms with E-state index < -0.39 is 0 Å². The second-order valence-corrected chi connectivity index (χ2v) is 5.42. The zero-order valence-electron chi connectivity index (χ0n) is 10.7. The van der Waals surface area contributed by atoms with Crippen molar-refractivity contribution in [2.24, 2.45) is 0 Å². The van der Waals surface area contributed by atoms with Gasteiger partial charge in [0.05, 0.1) is 12.2 Å². The van der Waals surface area contributed by atoms with E-state index in [1.54, 1.807) is 18.4 Å². The number of rotatable bonds is 6. The fourth-order valence-electron chi connectivity index (χ4n) is 2.38. The van der Waals surface area contributed by atoms with Gasteiger partial charge in [0, 0.05) is 30.7 Å². The van der Waals surface area contributed by atoms with Gasteiger partial charge in [0.2, 0.25) is 0 Å². The van der Waals surface area contributed by atoms with E-state index in [0.717, 1.165) is 13.0 Å². The Balaban J connectivity index is 1.84. The summed E-state index contributed by atoms with van der Waals surface area (Å²) < 4.78 is 11.1. The summed E-state index contributed by atoms with van der Waals surface area (Å²) >= 11 is 1.79. The molecule has 96 valence electrons. The highest BCUT2D eigenvalue weighted by atomic mass is 32.1. The molecule has 0 radical (unpaired) electrons. The Bertz CT molecular complexity index is 328. The van der Waals surface area contributed by atoms with Crippen LogP contribution in [0.3, 0.4) is 0 Å². The van der Waals surface area contributed by atoms with Crippen molar-refractivity contribution in [3.8, 4) is 0 Å². The topological polar surface area (TPSA) is 30.5 Å². The van der Waals surface area contributed by atoms with Crippen molar-refractivity contribution in [3.63, 3.8) is 0 Å². The molecule has 3 nitrogen and oxygen atoms in total. The first-order valence-electron chi connectivity index (χ1n) is 6.20. The lowest BCUT2D eigenvalue weighted by molar-refractivity contribution is -0.132. The molecule has 1 aromatic rings. The number of nitrogens with one attached hydrogen (secondary N) is 1. The zero-order valence-corrected chi connectivity index (χ0v) is 11.5. The van der Waals surface area contributed by atoms with Gasteiger partial charge < -0.3 is 14.8 Å². The second kappa shape index (κ2) is 5.96. The minimum Gasteiger partial charge on any atom is -0.377 e. The molecule has 3 unspecified atom stereocenters. The summed E-state index contributed by atoms with van der Waals surface area (Å²) in [7, 11) is 1.76. The molecule has 1 heterocycles. The maximum absolute atomic E-state index is 5.62. The quantitative estimate of drug-likeness (QED) is 0.847. The summed E-state index contributed by atoms with van der Waals surface area (Å²) in [6, 6.07) is 5.06. The van der Waals surface area contributed by atoms with Crippen molar-refractivity contribution >= 4 is 11.3 Å². The molecule has 0 spiro atoms. The van der Waals surface area contributed by atoms with Crippen LogP contribution in [0.2, 0.25) is 0 Å². The molecule has 1 aliphatic carbocycles. The molecule has 1 aromatic heterocycles. The van der Waals surface area contributed by atoms with E-state index in [1.807, 2.05) is 6.92 Å². The van der Waals surface area contributed by atoms with Crippen LogP contribution in [0.1, 0.15) is 31.2 Å². The lowest BCUT2D eigenvalue weighted by atomic mass is 9.84. The Morgan fingerprint density at radius 3 is 3.00 bits per heavy atom. The van der Waals surface area contributed by atoms with Gasteiger partial charge >= 0.3 is 0 Å². The molecule has 0 saturated heterocycles. The maximum atomic E-state index is 5.62. The van der Waals surface area contributed by atoms with Gasteiger partial charge in [-0.15, -0.1) is 11.3 Å². The second-order valence-electron chi connectivity index (χ2n) is 4.44. The average Bonchev–Trinajstić information content (AvgIpc) is 2.81. The van der Waals surface area contributed by atoms with Crippen LogP contribution in [0.5, 0.6) is 0 Å². The third-order valence-corrected chi connectivity index (χ3v) is 4.39. The zero-order chi connectivity index (χ0) is 12.3. The molecular formula is C13H21NO2S. The van der Waals surface area contributed by atoms with Crippen LogP contribution in [0.4, 0.5) is 0 Å². The van der Waals surface area contributed by atoms with Crippen molar-refractivity contribution in [1.82, 2.24) is 5.32 Å². The highest BCUT2D eigenvalue weighted by Crippen LogP contribution is 2.30. The predicted molar refractivity (Wildman–Crippen MR) is 70.5 cm³/mol. The molecule has 0 bridgehead atoms. The van der Waals surface area contributed by atoms with Crippen LogP contribution < -0.4 is 5.32 Å². The fourth-order valence-corrected chi connectivity index (χ4v) is 3.12. The van der Waals surface area contributed by atoms with E-state index in [1.165, 1.54) is 4.88 Å². The Labute approximate surface area is 107 Å². The van der Waals surface area contributed by atoms with E-state index in [9.17, 15) is 0 Å². The normalized spacial score (nSPS) is 29.9. The molecule has 4 atom stereocenters. The molecule has 1 fully saturated rings. The summed E-state index contributed by atoms with van der Waals surface area (Å²) in [5, 5.41) is 5.73. The van der Waals surface area contributed by atoms with Crippen molar-refractivity contribution in [2.45, 2.75) is 44.6 Å². The van der Waals surface area contributed by atoms with E-state index in [2.05, 4.69) is 29.8 Å². The SMILES string of the molecule is CCOC1CC(N[C@@H](C)c2cccs2)C1OC. The first-order chi connectivity index (χ1) is 8.26. The van der Waals surface area contributed by atoms with Gasteiger partial charge in [-0.05, 0) is 31.7 Å².